The fraction of sp³-hybridized carbons (Fsp3) is 0.615. The van der Waals surface area contributed by atoms with Crippen LogP contribution in [0.2, 0.25) is 0 Å². The Labute approximate surface area is 201 Å². The van der Waals surface area contributed by atoms with E-state index in [1.54, 1.807) is 6.07 Å². The van der Waals surface area contributed by atoms with Crippen molar-refractivity contribution in [1.82, 2.24) is 6.15 Å². The first-order chi connectivity index (χ1) is 15.5. The van der Waals surface area contributed by atoms with Crippen molar-refractivity contribution < 1.29 is 27.3 Å². The Kier molecular flexibility index (Phi) is 6.32. The van der Waals surface area contributed by atoms with E-state index in [1.807, 2.05) is 6.08 Å². The zero-order chi connectivity index (χ0) is 23.6. The number of carbonyl (C=O) groups is 2. The summed E-state index contributed by atoms with van der Waals surface area (Å²) in [5.41, 5.74) is 1.17. The van der Waals surface area contributed by atoms with Crippen LogP contribution in [0, 0.1) is 28.6 Å². The van der Waals surface area contributed by atoms with Crippen molar-refractivity contribution in [1.29, 1.82) is 0 Å². The van der Waals surface area contributed by atoms with E-state index in [9.17, 15) is 22.6 Å². The third-order valence-corrected chi connectivity index (χ3v) is 10.4. The molecule has 5 rings (SSSR count). The molecule has 186 valence electrons. The van der Waals surface area contributed by atoms with Gasteiger partial charge < -0.3 is 10.9 Å². The molecule has 0 aromatic heterocycles. The van der Waals surface area contributed by atoms with Gasteiger partial charge in [0.15, 0.2) is 5.78 Å². The second-order valence-electron chi connectivity index (χ2n) is 11.0. The standard InChI is InChI=1S/C26H32O6S.H3N/c1-25-13-11-17(27)15-16(25)7-8-18-20-9-10-23(26(20,2)14-12-21(18)25)32-24(28)19-5-3-4-6-22(19)33(29,30)31;/h3-6,15,18,20-21,23H,7-14H2,1-2H3,(H,29,30,31);1H3/t18?,20?,21?,23-,25-,26-;/m0./s1. The lowest BCUT2D eigenvalue weighted by molar-refractivity contribution is -0.118. The monoisotopic (exact) mass is 489 g/mol. The Balaban J connectivity index is 0.00000274. The van der Waals surface area contributed by atoms with E-state index >= 15 is 0 Å². The van der Waals surface area contributed by atoms with E-state index in [0.29, 0.717) is 24.2 Å². The van der Waals surface area contributed by atoms with E-state index in [-0.39, 0.29) is 34.4 Å². The van der Waals surface area contributed by atoms with Crippen molar-refractivity contribution in [3.63, 3.8) is 0 Å². The molecular formula is C26H35NO6S. The molecule has 1 aromatic carbocycles. The third-order valence-electron chi connectivity index (χ3n) is 9.51. The summed E-state index contributed by atoms with van der Waals surface area (Å²) in [5.74, 6) is 1.12. The van der Waals surface area contributed by atoms with Gasteiger partial charge in [-0.1, -0.05) is 31.6 Å². The van der Waals surface area contributed by atoms with Crippen LogP contribution in [0.15, 0.2) is 40.8 Å². The lowest BCUT2D eigenvalue weighted by atomic mass is 9.47. The summed E-state index contributed by atoms with van der Waals surface area (Å²) in [6.07, 6.45) is 9.02. The number of ether oxygens (including phenoxy) is 1. The van der Waals surface area contributed by atoms with Gasteiger partial charge in [0.25, 0.3) is 10.1 Å². The smallest absolute Gasteiger partial charge is 0.339 e. The van der Waals surface area contributed by atoms with Crippen LogP contribution >= 0.6 is 0 Å². The van der Waals surface area contributed by atoms with Crippen molar-refractivity contribution in [2.75, 3.05) is 0 Å². The molecule has 0 aliphatic heterocycles. The maximum Gasteiger partial charge on any atom is 0.339 e. The first kappa shape index (κ1) is 25.1. The molecule has 3 saturated carbocycles. The summed E-state index contributed by atoms with van der Waals surface area (Å²) in [5, 5.41) is 0. The third kappa shape index (κ3) is 3.84. The molecule has 0 amide bonds. The quantitative estimate of drug-likeness (QED) is 0.443. The number of allylic oxidation sites excluding steroid dienone is 1. The minimum Gasteiger partial charge on any atom is -0.458 e. The van der Waals surface area contributed by atoms with E-state index < -0.39 is 21.0 Å². The number of hydrogen-bond acceptors (Lipinski definition) is 6. The molecule has 0 radical (unpaired) electrons. The number of hydrogen-bond donors (Lipinski definition) is 2. The van der Waals surface area contributed by atoms with Crippen LogP contribution in [0.4, 0.5) is 0 Å². The molecule has 8 heteroatoms. The molecule has 4 aliphatic rings. The highest BCUT2D eigenvalue weighted by molar-refractivity contribution is 7.86. The largest absolute Gasteiger partial charge is 0.458 e. The highest BCUT2D eigenvalue weighted by Crippen LogP contribution is 2.65. The van der Waals surface area contributed by atoms with Crippen LogP contribution in [0.5, 0.6) is 0 Å². The van der Waals surface area contributed by atoms with Gasteiger partial charge in [-0.2, -0.15) is 8.42 Å². The van der Waals surface area contributed by atoms with Crippen LogP contribution < -0.4 is 6.15 Å². The lowest BCUT2D eigenvalue weighted by Gasteiger charge is -2.57. The Hall–Kier alpha value is -2.03. The number of rotatable bonds is 3. The molecule has 7 nitrogen and oxygen atoms in total. The van der Waals surface area contributed by atoms with Gasteiger partial charge in [0.05, 0.1) is 5.56 Å². The second-order valence-corrected chi connectivity index (χ2v) is 12.3. The van der Waals surface area contributed by atoms with Crippen molar-refractivity contribution in [2.45, 2.75) is 76.2 Å². The summed E-state index contributed by atoms with van der Waals surface area (Å²) < 4.78 is 38.9. The lowest BCUT2D eigenvalue weighted by Crippen LogP contribution is -2.51. The molecule has 0 heterocycles. The molecule has 6 atom stereocenters. The molecular weight excluding hydrogens is 454 g/mol. The molecule has 3 fully saturated rings. The normalized spacial score (nSPS) is 36.9. The molecule has 0 spiro atoms. The Bertz CT molecular complexity index is 1140. The van der Waals surface area contributed by atoms with Gasteiger partial charge in [0, 0.05) is 11.8 Å². The first-order valence-electron chi connectivity index (χ1n) is 12.1. The maximum absolute atomic E-state index is 13.0. The average Bonchev–Trinajstić information content (AvgIpc) is 3.10. The van der Waals surface area contributed by atoms with E-state index in [0.717, 1.165) is 44.9 Å². The van der Waals surface area contributed by atoms with Crippen LogP contribution in [0.25, 0.3) is 0 Å². The average molecular weight is 490 g/mol. The number of ketones is 1. The SMILES string of the molecule is C[C@]12CCC(=O)C=C1CCC1C2CC[C@@]2(C)C1CC[C@@H]2OC(=O)c1ccccc1S(=O)(=O)O.N. The van der Waals surface area contributed by atoms with Gasteiger partial charge in [-0.25, -0.2) is 4.79 Å². The molecule has 0 saturated heterocycles. The maximum atomic E-state index is 13.0. The minimum absolute atomic E-state index is 0. The topological polar surface area (TPSA) is 133 Å². The predicted molar refractivity (Wildman–Crippen MR) is 127 cm³/mol. The van der Waals surface area contributed by atoms with Crippen LogP contribution in [-0.2, 0) is 19.6 Å². The number of fused-ring (bicyclic) bond motifs is 5. The van der Waals surface area contributed by atoms with Crippen molar-refractivity contribution in [3.8, 4) is 0 Å². The number of carbonyl (C=O) groups excluding carboxylic acids is 2. The Morgan fingerprint density at radius 3 is 2.50 bits per heavy atom. The molecule has 0 bridgehead atoms. The fourth-order valence-electron chi connectivity index (χ4n) is 7.76. The second kappa shape index (κ2) is 8.57. The minimum atomic E-state index is -4.52. The molecule has 1 aromatic rings. The van der Waals surface area contributed by atoms with Crippen molar-refractivity contribution in [3.05, 3.63) is 41.5 Å². The van der Waals surface area contributed by atoms with Gasteiger partial charge in [0.1, 0.15) is 11.0 Å². The first-order valence-corrected chi connectivity index (χ1v) is 13.5. The van der Waals surface area contributed by atoms with Gasteiger partial charge in [-0.3, -0.25) is 9.35 Å². The van der Waals surface area contributed by atoms with Gasteiger partial charge in [-0.15, -0.1) is 0 Å². The van der Waals surface area contributed by atoms with Crippen LogP contribution in [-0.4, -0.2) is 30.8 Å². The number of esters is 1. The predicted octanol–water partition coefficient (Wildman–Crippen LogP) is 5.15. The summed E-state index contributed by atoms with van der Waals surface area (Å²) in [6.45, 7) is 4.58. The van der Waals surface area contributed by atoms with Gasteiger partial charge in [-0.05, 0) is 86.3 Å². The fourth-order valence-corrected chi connectivity index (χ4v) is 8.44. The molecule has 4 aliphatic carbocycles. The molecule has 34 heavy (non-hydrogen) atoms. The Morgan fingerprint density at radius 2 is 1.76 bits per heavy atom. The summed E-state index contributed by atoms with van der Waals surface area (Å²) in [4.78, 5) is 24.6. The Morgan fingerprint density at radius 1 is 1.03 bits per heavy atom. The zero-order valence-corrected chi connectivity index (χ0v) is 20.8. The summed E-state index contributed by atoms with van der Waals surface area (Å²) in [6, 6.07) is 5.65. The highest BCUT2D eigenvalue weighted by atomic mass is 32.2. The number of benzene rings is 1. The molecule has 3 unspecified atom stereocenters. The summed E-state index contributed by atoms with van der Waals surface area (Å²) in [7, 11) is -4.52. The van der Waals surface area contributed by atoms with E-state index in [4.69, 9.17) is 4.74 Å². The van der Waals surface area contributed by atoms with Crippen LogP contribution in [0.1, 0.15) is 75.6 Å². The van der Waals surface area contributed by atoms with Crippen molar-refractivity contribution >= 4 is 21.9 Å². The van der Waals surface area contributed by atoms with E-state index in [2.05, 4.69) is 13.8 Å². The highest BCUT2D eigenvalue weighted by Gasteiger charge is 2.60. The van der Waals surface area contributed by atoms with Gasteiger partial charge in [0.2, 0.25) is 0 Å². The summed E-state index contributed by atoms with van der Waals surface area (Å²) >= 11 is 0. The van der Waals surface area contributed by atoms with Gasteiger partial charge >= 0.3 is 5.97 Å². The zero-order valence-electron chi connectivity index (χ0n) is 20.0. The van der Waals surface area contributed by atoms with Crippen LogP contribution in [0.3, 0.4) is 0 Å². The molecule has 4 N–H and O–H groups in total. The van der Waals surface area contributed by atoms with Crippen molar-refractivity contribution in [2.24, 2.45) is 28.6 Å². The van der Waals surface area contributed by atoms with E-state index in [1.165, 1.54) is 23.8 Å².